The van der Waals surface area contributed by atoms with Gasteiger partial charge < -0.3 is 29.8 Å². The van der Waals surface area contributed by atoms with Crippen molar-refractivity contribution in [1.82, 2.24) is 19.6 Å². The summed E-state index contributed by atoms with van der Waals surface area (Å²) in [5, 5.41) is 14.8. The first-order chi connectivity index (χ1) is 26.7. The van der Waals surface area contributed by atoms with Crippen LogP contribution in [-0.2, 0) is 34.0 Å². The van der Waals surface area contributed by atoms with Gasteiger partial charge in [0.1, 0.15) is 6.54 Å². The van der Waals surface area contributed by atoms with Crippen molar-refractivity contribution in [3.05, 3.63) is 112 Å². The van der Waals surface area contributed by atoms with E-state index in [2.05, 4.69) is 35.0 Å². The predicted octanol–water partition coefficient (Wildman–Crippen LogP) is 5.56. The molecule has 306 valence electrons. The maximum Gasteiger partial charge on any atom is 0.490 e. The Morgan fingerprint density at radius 3 is 1.65 bits per heavy atom. The number of amides is 3. The fourth-order valence-corrected chi connectivity index (χ4v) is 5.98. The van der Waals surface area contributed by atoms with E-state index in [-0.39, 0.29) is 24.3 Å². The van der Waals surface area contributed by atoms with Gasteiger partial charge in [0.05, 0.1) is 6.54 Å². The zero-order chi connectivity index (χ0) is 42.1. The molecule has 3 heterocycles. The number of carbonyl (C=O) groups is 5. The number of hydrogen-bond acceptors (Lipinski definition) is 7. The molecule has 3 aliphatic heterocycles. The van der Waals surface area contributed by atoms with Crippen LogP contribution in [0.4, 0.5) is 32.0 Å². The molecule has 3 aromatic carbocycles. The zero-order valence-electron chi connectivity index (χ0n) is 30.4. The number of carbonyl (C=O) groups excluding carboxylic acids is 3. The van der Waals surface area contributed by atoms with Gasteiger partial charge in [-0.2, -0.15) is 26.3 Å². The molecule has 0 radical (unpaired) electrons. The largest absolute Gasteiger partial charge is 0.490 e. The monoisotopic (exact) mass is 825 g/mol. The maximum atomic E-state index is 13.9. The van der Waals surface area contributed by atoms with Crippen LogP contribution in [0.5, 0.6) is 0 Å². The number of carboxylic acids is 2. The Balaban J connectivity index is 0.000000440. The van der Waals surface area contributed by atoms with Crippen LogP contribution in [0.3, 0.4) is 0 Å². The highest BCUT2D eigenvalue weighted by Crippen LogP contribution is 2.30. The Hall–Kier alpha value is -5.46. The number of piperazine rings is 1. The minimum atomic E-state index is -5.08. The Kier molecular flexibility index (Phi) is 14.8. The van der Waals surface area contributed by atoms with Gasteiger partial charge in [-0.25, -0.2) is 9.59 Å². The lowest BCUT2D eigenvalue weighted by Gasteiger charge is -2.32. The van der Waals surface area contributed by atoms with Crippen LogP contribution in [0.1, 0.15) is 37.4 Å². The molecule has 12 nitrogen and oxygen atoms in total. The van der Waals surface area contributed by atoms with Gasteiger partial charge >= 0.3 is 24.3 Å². The number of rotatable bonds is 6. The molecule has 0 saturated carbocycles. The second-order valence-corrected chi connectivity index (χ2v) is 13.6. The van der Waals surface area contributed by atoms with E-state index < -0.39 is 24.3 Å². The minimum Gasteiger partial charge on any atom is -0.475 e. The van der Waals surface area contributed by atoms with Gasteiger partial charge in [-0.15, -0.1) is 0 Å². The Labute approximate surface area is 328 Å². The molecule has 0 atom stereocenters. The lowest BCUT2D eigenvalue weighted by molar-refractivity contribution is -0.193. The quantitative estimate of drug-likeness (QED) is 0.242. The van der Waals surface area contributed by atoms with Crippen molar-refractivity contribution in [3.8, 4) is 0 Å². The smallest absolute Gasteiger partial charge is 0.475 e. The van der Waals surface area contributed by atoms with E-state index in [0.717, 1.165) is 55.1 Å². The molecule has 1 fully saturated rings. The summed E-state index contributed by atoms with van der Waals surface area (Å²) in [6.45, 7) is 6.74. The third-order valence-corrected chi connectivity index (χ3v) is 9.19. The van der Waals surface area contributed by atoms with Crippen LogP contribution >= 0.6 is 11.6 Å². The summed E-state index contributed by atoms with van der Waals surface area (Å²) < 4.78 is 63.5. The van der Waals surface area contributed by atoms with Crippen molar-refractivity contribution in [2.45, 2.75) is 32.0 Å². The van der Waals surface area contributed by atoms with Gasteiger partial charge in [0.15, 0.2) is 0 Å². The van der Waals surface area contributed by atoms with E-state index in [9.17, 15) is 40.7 Å². The molecular formula is C38H38ClF6N5O7. The summed E-state index contributed by atoms with van der Waals surface area (Å²) >= 11 is 6.05. The topological polar surface area (TPSA) is 142 Å². The normalized spacial score (nSPS) is 16.1. The standard InChI is InChI=1S/C34H36ClN5O3.2C2HF3O2/c1-36-16-18-37(19-17-36)21-26-6-9-29-23-39(34(43)28-10-12-30(35)13-11-28)24-32(41)40(31(29)20-26)22-25-4-7-27(8-5-25)33(42)38-14-2-3-15-38;2*3-2(4,5)1(6)7/h2-13,20H,14-19,21-24H2,1H3;2*(H,6,7). The molecule has 0 aliphatic carbocycles. The highest BCUT2D eigenvalue weighted by Gasteiger charge is 2.39. The molecule has 19 heteroatoms. The molecule has 3 aliphatic rings. The number of alkyl halides is 6. The summed E-state index contributed by atoms with van der Waals surface area (Å²) in [5.74, 6) is -5.88. The summed E-state index contributed by atoms with van der Waals surface area (Å²) in [4.78, 5) is 68.0. The van der Waals surface area contributed by atoms with Crippen molar-refractivity contribution >= 4 is 46.9 Å². The second-order valence-electron chi connectivity index (χ2n) is 13.2. The van der Waals surface area contributed by atoms with E-state index in [1.54, 1.807) is 39.0 Å². The van der Waals surface area contributed by atoms with Crippen LogP contribution < -0.4 is 4.90 Å². The summed E-state index contributed by atoms with van der Waals surface area (Å²) in [6.07, 6.45) is -6.18. The van der Waals surface area contributed by atoms with Crippen LogP contribution in [-0.4, -0.2) is 125 Å². The highest BCUT2D eigenvalue weighted by atomic mass is 35.5. The summed E-state index contributed by atoms with van der Waals surface area (Å²) in [5.41, 5.74) is 4.92. The molecule has 1 saturated heterocycles. The van der Waals surface area contributed by atoms with Gasteiger partial charge in [0.2, 0.25) is 5.91 Å². The van der Waals surface area contributed by atoms with E-state index in [0.29, 0.717) is 42.3 Å². The van der Waals surface area contributed by atoms with E-state index in [1.165, 1.54) is 0 Å². The summed E-state index contributed by atoms with van der Waals surface area (Å²) in [6, 6.07) is 20.5. The average Bonchev–Trinajstić information content (AvgIpc) is 3.66. The van der Waals surface area contributed by atoms with Gasteiger partial charge in [-0.3, -0.25) is 19.3 Å². The molecule has 0 unspecified atom stereocenters. The van der Waals surface area contributed by atoms with E-state index in [4.69, 9.17) is 31.4 Å². The fourth-order valence-electron chi connectivity index (χ4n) is 5.86. The Morgan fingerprint density at radius 1 is 0.667 bits per heavy atom. The molecule has 6 rings (SSSR count). The van der Waals surface area contributed by atoms with Gasteiger partial charge in [0.25, 0.3) is 11.8 Å². The molecule has 0 bridgehead atoms. The Morgan fingerprint density at radius 2 is 1.14 bits per heavy atom. The van der Waals surface area contributed by atoms with Crippen molar-refractivity contribution in [3.63, 3.8) is 0 Å². The highest BCUT2D eigenvalue weighted by molar-refractivity contribution is 6.30. The van der Waals surface area contributed by atoms with Crippen molar-refractivity contribution in [2.24, 2.45) is 0 Å². The number of carboxylic acid groups (broad SMARTS) is 2. The number of likely N-dealkylation sites (N-methyl/N-ethyl adjacent to an activating group) is 1. The van der Waals surface area contributed by atoms with Crippen LogP contribution in [0.25, 0.3) is 0 Å². The maximum absolute atomic E-state index is 13.9. The molecule has 2 N–H and O–H groups in total. The number of anilines is 1. The van der Waals surface area contributed by atoms with Crippen molar-refractivity contribution in [1.29, 1.82) is 0 Å². The molecule has 0 aromatic heterocycles. The first-order valence-corrected chi connectivity index (χ1v) is 17.6. The Bertz CT molecular complexity index is 1920. The molecule has 0 spiro atoms. The SMILES string of the molecule is CN1CCN(Cc2ccc3c(c2)N(Cc2ccc(C(=O)N4CC=CC4)cc2)C(=O)CN(C(=O)c2ccc(Cl)cc2)C3)CC1.O=C(O)C(F)(F)F.O=C(O)C(F)(F)F. The number of benzene rings is 3. The number of halogens is 7. The third-order valence-electron chi connectivity index (χ3n) is 8.94. The molecule has 57 heavy (non-hydrogen) atoms. The fraction of sp³-hybridized carbons (Fsp3) is 0.342. The van der Waals surface area contributed by atoms with Crippen LogP contribution in [0.15, 0.2) is 78.9 Å². The molecular weight excluding hydrogens is 788 g/mol. The van der Waals surface area contributed by atoms with Crippen LogP contribution in [0, 0.1) is 0 Å². The first kappa shape index (κ1) is 44.3. The average molecular weight is 826 g/mol. The summed E-state index contributed by atoms with van der Waals surface area (Å²) in [7, 11) is 2.15. The number of nitrogens with zero attached hydrogens (tertiary/aromatic N) is 5. The first-order valence-electron chi connectivity index (χ1n) is 17.2. The molecule has 3 aromatic rings. The number of hydrogen-bond donors (Lipinski definition) is 2. The van der Waals surface area contributed by atoms with Crippen molar-refractivity contribution in [2.75, 3.05) is 57.8 Å². The lowest BCUT2D eigenvalue weighted by Crippen LogP contribution is -2.43. The number of fused-ring (bicyclic) bond motifs is 1. The van der Waals surface area contributed by atoms with E-state index >= 15 is 0 Å². The van der Waals surface area contributed by atoms with Crippen molar-refractivity contribution < 1.29 is 60.5 Å². The van der Waals surface area contributed by atoms with Gasteiger partial charge in [-0.1, -0.05) is 48.0 Å². The third kappa shape index (κ3) is 12.8. The predicted molar refractivity (Wildman–Crippen MR) is 195 cm³/mol. The van der Waals surface area contributed by atoms with Gasteiger partial charge in [-0.05, 0) is 66.2 Å². The second kappa shape index (κ2) is 19.1. The lowest BCUT2D eigenvalue weighted by atomic mass is 10.1. The number of aliphatic carboxylic acids is 2. The van der Waals surface area contributed by atoms with E-state index in [1.807, 2.05) is 36.4 Å². The minimum absolute atomic E-state index is 0.00218. The van der Waals surface area contributed by atoms with Crippen LogP contribution in [0.2, 0.25) is 5.02 Å². The zero-order valence-corrected chi connectivity index (χ0v) is 31.2. The molecule has 3 amide bonds. The van der Waals surface area contributed by atoms with Gasteiger partial charge in [0, 0.05) is 74.2 Å².